The monoisotopic (exact) mass is 141 g/mol. The van der Waals surface area contributed by atoms with E-state index in [0.29, 0.717) is 4.80 Å². The van der Waals surface area contributed by atoms with Gasteiger partial charge in [-0.05, 0) is 0 Å². The predicted octanol–water partition coefficient (Wildman–Crippen LogP) is 0.139. The van der Waals surface area contributed by atoms with Crippen molar-refractivity contribution in [2.75, 3.05) is 0 Å². The van der Waals surface area contributed by atoms with E-state index in [2.05, 4.69) is 0 Å². The third-order valence-corrected chi connectivity index (χ3v) is 1.63. The molecule has 0 amide bonds. The van der Waals surface area contributed by atoms with Crippen molar-refractivity contribution in [3.05, 3.63) is 16.4 Å². The summed E-state index contributed by atoms with van der Waals surface area (Å²) in [5.74, 6) is 0. The van der Waals surface area contributed by atoms with E-state index in [4.69, 9.17) is 5.41 Å². The van der Waals surface area contributed by atoms with Crippen LogP contribution in [0.15, 0.2) is 11.6 Å². The van der Waals surface area contributed by atoms with Crippen LogP contribution in [0.2, 0.25) is 0 Å². The van der Waals surface area contributed by atoms with Gasteiger partial charge < -0.3 is 4.57 Å². The number of hydrogen-bond donors (Lipinski definition) is 1. The molecule has 1 aromatic heterocycles. The highest BCUT2D eigenvalue weighted by molar-refractivity contribution is 7.06. The van der Waals surface area contributed by atoms with Crippen LogP contribution in [-0.2, 0) is 11.3 Å². The lowest BCUT2D eigenvalue weighted by Crippen LogP contribution is -2.12. The van der Waals surface area contributed by atoms with Crippen LogP contribution in [-0.4, -0.2) is 10.9 Å². The summed E-state index contributed by atoms with van der Waals surface area (Å²) in [6.45, 7) is 0.169. The lowest BCUT2D eigenvalue weighted by Gasteiger charge is -1.88. The van der Waals surface area contributed by atoms with Gasteiger partial charge in [0.2, 0.25) is 6.29 Å². The first-order valence-electron chi connectivity index (χ1n) is 2.38. The summed E-state index contributed by atoms with van der Waals surface area (Å²) >= 11 is 1.30. The maximum atomic E-state index is 9.80. The molecule has 0 bridgehead atoms. The highest BCUT2D eigenvalue weighted by Crippen LogP contribution is 1.85. The molecule has 0 aliphatic heterocycles. The Kier molecular flexibility index (Phi) is 1.79. The largest absolute Gasteiger partial charge is 0.316 e. The van der Waals surface area contributed by atoms with Gasteiger partial charge in [-0.2, -0.15) is 0 Å². The zero-order valence-electron chi connectivity index (χ0n) is 4.63. The summed E-state index contributed by atoms with van der Waals surface area (Å²) in [6, 6.07) is 0. The van der Waals surface area contributed by atoms with E-state index in [1.165, 1.54) is 15.9 Å². The molecule has 0 spiro atoms. The summed E-state index contributed by atoms with van der Waals surface area (Å²) in [6.07, 6.45) is 3.40. The van der Waals surface area contributed by atoms with E-state index in [1.807, 2.05) is 0 Å². The topological polar surface area (TPSA) is 45.9 Å². The Morgan fingerprint density at radius 3 is 3.11 bits per heavy atom. The first-order chi connectivity index (χ1) is 4.34. The summed E-state index contributed by atoms with van der Waals surface area (Å²) < 4.78 is 1.53. The molecule has 47 valence electrons. The molecule has 0 aliphatic rings. The number of hydrogen-bond acceptors (Lipinski definition) is 3. The molecule has 1 rings (SSSR count). The van der Waals surface area contributed by atoms with Gasteiger partial charge in [-0.3, -0.25) is 10.2 Å². The minimum Gasteiger partial charge on any atom is -0.316 e. The molecule has 1 N–H and O–H groups in total. The lowest BCUT2D eigenvalue weighted by molar-refractivity contribution is 0.543. The second-order valence-corrected chi connectivity index (χ2v) is 2.37. The minimum atomic E-state index is 0.169. The standard InChI is InChI=1S/C5H5N2OS/c6-5-7(1-3-8)2-4-9-5/h2,4,6H,1H2. The Hall–Kier alpha value is -0.900. The molecule has 0 unspecified atom stereocenters. The molecule has 0 fully saturated rings. The second-order valence-electron chi connectivity index (χ2n) is 1.48. The highest BCUT2D eigenvalue weighted by atomic mass is 32.1. The Labute approximate surface area is 56.1 Å². The van der Waals surface area contributed by atoms with Gasteiger partial charge in [0.1, 0.15) is 0 Å². The van der Waals surface area contributed by atoms with Crippen LogP contribution in [0.4, 0.5) is 0 Å². The highest BCUT2D eigenvalue weighted by Gasteiger charge is 1.89. The molecule has 0 aromatic carbocycles. The Morgan fingerprint density at radius 1 is 1.89 bits per heavy atom. The summed E-state index contributed by atoms with van der Waals surface area (Å²) in [5, 5.41) is 8.92. The first-order valence-corrected chi connectivity index (χ1v) is 3.26. The van der Waals surface area contributed by atoms with Crippen LogP contribution in [0.5, 0.6) is 0 Å². The Bertz CT molecular complexity index is 249. The van der Waals surface area contributed by atoms with Gasteiger partial charge in [0, 0.05) is 11.6 Å². The molecule has 3 nitrogen and oxygen atoms in total. The first kappa shape index (κ1) is 6.22. The van der Waals surface area contributed by atoms with E-state index in [0.717, 1.165) is 0 Å². The van der Waals surface area contributed by atoms with Crippen LogP contribution in [0, 0.1) is 5.41 Å². The van der Waals surface area contributed by atoms with Crippen LogP contribution in [0.3, 0.4) is 0 Å². The maximum Gasteiger partial charge on any atom is 0.219 e. The van der Waals surface area contributed by atoms with Crippen LogP contribution in [0.25, 0.3) is 0 Å². The van der Waals surface area contributed by atoms with E-state index < -0.39 is 0 Å². The minimum absolute atomic E-state index is 0.169. The normalized spacial score (nSPS) is 9.33. The van der Waals surface area contributed by atoms with Gasteiger partial charge in [-0.1, -0.05) is 0 Å². The number of nitrogens with zero attached hydrogens (tertiary/aromatic N) is 1. The molecule has 9 heavy (non-hydrogen) atoms. The maximum absolute atomic E-state index is 9.80. The van der Waals surface area contributed by atoms with Crippen LogP contribution < -0.4 is 4.80 Å². The van der Waals surface area contributed by atoms with Crippen molar-refractivity contribution in [2.45, 2.75) is 6.54 Å². The molecular formula is C5H5N2OS. The SMILES string of the molecule is N=c1sccn1C[C]=O. The molecule has 0 atom stereocenters. The van der Waals surface area contributed by atoms with Crippen molar-refractivity contribution in [1.82, 2.24) is 4.57 Å². The molecule has 1 aromatic rings. The van der Waals surface area contributed by atoms with Gasteiger partial charge in [0.25, 0.3) is 0 Å². The molecule has 0 aliphatic carbocycles. The average Bonchev–Trinajstić information content (AvgIpc) is 2.18. The van der Waals surface area contributed by atoms with Gasteiger partial charge in [0.05, 0.1) is 6.54 Å². The van der Waals surface area contributed by atoms with Crippen molar-refractivity contribution in [3.63, 3.8) is 0 Å². The van der Waals surface area contributed by atoms with Gasteiger partial charge >= 0.3 is 0 Å². The fourth-order valence-electron chi connectivity index (χ4n) is 0.498. The number of nitrogens with one attached hydrogen (secondary N) is 1. The van der Waals surface area contributed by atoms with Crippen molar-refractivity contribution in [1.29, 1.82) is 5.41 Å². The number of rotatable bonds is 2. The fourth-order valence-corrected chi connectivity index (χ4v) is 1.10. The summed E-state index contributed by atoms with van der Waals surface area (Å²) in [4.78, 5) is 10.2. The van der Waals surface area contributed by atoms with E-state index >= 15 is 0 Å². The smallest absolute Gasteiger partial charge is 0.219 e. The molecule has 4 heteroatoms. The molecule has 1 radical (unpaired) electrons. The quantitative estimate of drug-likeness (QED) is 0.625. The molecule has 0 saturated heterocycles. The van der Waals surface area contributed by atoms with Gasteiger partial charge in [-0.15, -0.1) is 11.3 Å². The Balaban J connectivity index is 2.93. The van der Waals surface area contributed by atoms with Crippen molar-refractivity contribution < 1.29 is 4.79 Å². The Morgan fingerprint density at radius 2 is 2.67 bits per heavy atom. The van der Waals surface area contributed by atoms with Crippen molar-refractivity contribution in [3.8, 4) is 0 Å². The average molecular weight is 141 g/mol. The molecule has 1 heterocycles. The third-order valence-electron chi connectivity index (χ3n) is 0.916. The fraction of sp³-hybridized carbons (Fsp3) is 0.200. The molecular weight excluding hydrogens is 136 g/mol. The zero-order chi connectivity index (χ0) is 6.69. The molecule has 0 saturated carbocycles. The number of aromatic nitrogens is 1. The van der Waals surface area contributed by atoms with Crippen LogP contribution in [0.1, 0.15) is 0 Å². The van der Waals surface area contributed by atoms with Crippen molar-refractivity contribution in [2.24, 2.45) is 0 Å². The third kappa shape index (κ3) is 1.26. The zero-order valence-corrected chi connectivity index (χ0v) is 5.44. The number of carbonyl (C=O) groups excluding carboxylic acids is 1. The predicted molar refractivity (Wildman–Crippen MR) is 33.9 cm³/mol. The van der Waals surface area contributed by atoms with Crippen molar-refractivity contribution >= 4 is 17.6 Å². The van der Waals surface area contributed by atoms with Gasteiger partial charge in [-0.25, -0.2) is 0 Å². The second kappa shape index (κ2) is 2.59. The summed E-state index contributed by atoms with van der Waals surface area (Å²) in [7, 11) is 0. The lowest BCUT2D eigenvalue weighted by atomic mass is 10.7. The van der Waals surface area contributed by atoms with E-state index in [1.54, 1.807) is 17.9 Å². The van der Waals surface area contributed by atoms with Gasteiger partial charge in [0.15, 0.2) is 4.80 Å². The van der Waals surface area contributed by atoms with E-state index in [9.17, 15) is 4.79 Å². The number of thiazole rings is 1. The van der Waals surface area contributed by atoms with Crippen LogP contribution >= 0.6 is 11.3 Å². The van der Waals surface area contributed by atoms with E-state index in [-0.39, 0.29) is 6.54 Å². The summed E-state index contributed by atoms with van der Waals surface area (Å²) in [5.41, 5.74) is 0.